The van der Waals surface area contributed by atoms with Gasteiger partial charge in [-0.15, -0.1) is 0 Å². The highest BCUT2D eigenvalue weighted by atomic mass is 16.4. The maximum absolute atomic E-state index is 8.41. The van der Waals surface area contributed by atoms with Gasteiger partial charge in [-0.1, -0.05) is 12.1 Å². The molecule has 0 spiro atoms. The summed E-state index contributed by atoms with van der Waals surface area (Å²) in [4.78, 5) is 0. The van der Waals surface area contributed by atoms with Gasteiger partial charge in [-0.05, 0) is 24.6 Å². The molecule has 0 aliphatic rings. The molecule has 4 heteroatoms. The zero-order valence-electron chi connectivity index (χ0n) is 6.73. The molecule has 1 aromatic rings. The van der Waals surface area contributed by atoms with Gasteiger partial charge in [-0.25, -0.2) is 0 Å². The van der Waals surface area contributed by atoms with Gasteiger partial charge in [-0.3, -0.25) is 0 Å². The summed E-state index contributed by atoms with van der Waals surface area (Å²) in [7, 11) is 0. The Bertz CT molecular complexity index is 270. The number of rotatable bonds is 0. The minimum Gasteiger partial charge on any atom is -0.429 e. The maximum atomic E-state index is 8.41. The van der Waals surface area contributed by atoms with Crippen LogP contribution < -0.4 is 0 Å². The normalized spacial score (nSPS) is 7.50. The Morgan fingerprint density at radius 2 is 2.00 bits per heavy atom. The van der Waals surface area contributed by atoms with Crippen LogP contribution in [0.1, 0.15) is 11.1 Å². The van der Waals surface area contributed by atoms with Gasteiger partial charge in [0.2, 0.25) is 0 Å². The molecule has 2 N–H and O–H groups in total. The minimum absolute atomic E-state index is 0. The van der Waals surface area contributed by atoms with Crippen LogP contribution in [-0.2, 0) is 0 Å². The average molecular weight is 162 g/mol. The molecule has 0 saturated carbocycles. The molecule has 0 aliphatic heterocycles. The first kappa shape index (κ1) is 10.7. The lowest BCUT2D eigenvalue weighted by atomic mass is 10.2. The van der Waals surface area contributed by atoms with Gasteiger partial charge < -0.3 is 10.0 Å². The van der Waals surface area contributed by atoms with E-state index in [0.717, 1.165) is 11.1 Å². The summed E-state index contributed by atoms with van der Waals surface area (Å²) >= 11 is 0. The van der Waals surface area contributed by atoms with E-state index in [1.165, 1.54) is 0 Å². The van der Waals surface area contributed by atoms with E-state index in [1.807, 2.05) is 25.1 Å². The number of hydrogen-bond donors (Lipinski definition) is 2. The number of benzene rings is 1. The van der Waals surface area contributed by atoms with Crippen LogP contribution in [-0.4, -0.2) is 17.7 Å². The van der Waals surface area contributed by atoms with Crippen LogP contribution in [0.25, 0.3) is 0 Å². The zero-order valence-corrected chi connectivity index (χ0v) is 6.73. The Morgan fingerprint density at radius 3 is 2.33 bits per heavy atom. The molecule has 12 heavy (non-hydrogen) atoms. The summed E-state index contributed by atoms with van der Waals surface area (Å²) in [5.74, 6) is 0. The van der Waals surface area contributed by atoms with Crippen molar-refractivity contribution < 1.29 is 10.0 Å². The smallest absolute Gasteiger partial charge is 0.429 e. The number of nitrogens with zero attached hydrogens (tertiary/aromatic N) is 1. The third-order valence-corrected chi connectivity index (χ3v) is 1.15. The molecule has 0 unspecified atom stereocenters. The number of hydrogen-bond acceptors (Lipinski definition) is 3. The van der Waals surface area contributed by atoms with Crippen molar-refractivity contribution in [2.75, 3.05) is 0 Å². The fraction of sp³-hybridized carbons (Fsp3) is 0.125. The van der Waals surface area contributed by atoms with Crippen LogP contribution in [0.4, 0.5) is 0 Å². The lowest BCUT2D eigenvalue weighted by molar-refractivity contribution is 0.448. The van der Waals surface area contributed by atoms with Crippen molar-refractivity contribution in [2.24, 2.45) is 0 Å². The Kier molecular flexibility index (Phi) is 5.71. The third-order valence-electron chi connectivity index (χ3n) is 1.15. The zero-order chi connectivity index (χ0) is 9.40. The Balaban J connectivity index is 0.000000354. The topological polar surface area (TPSA) is 64.2 Å². The first-order chi connectivity index (χ1) is 5.74. The molecule has 1 radical (unpaired) electrons. The molecule has 1 aromatic carbocycles. The van der Waals surface area contributed by atoms with E-state index in [4.69, 9.17) is 15.3 Å². The van der Waals surface area contributed by atoms with Crippen LogP contribution in [0.2, 0.25) is 0 Å². The second-order valence-electron chi connectivity index (χ2n) is 2.10. The molecule has 0 aromatic heterocycles. The van der Waals surface area contributed by atoms with Crippen molar-refractivity contribution >= 4 is 7.69 Å². The van der Waals surface area contributed by atoms with Gasteiger partial charge in [0, 0.05) is 0 Å². The molecule has 0 atom stereocenters. The van der Waals surface area contributed by atoms with Gasteiger partial charge in [0.1, 0.15) is 0 Å². The second kappa shape index (κ2) is 6.41. The van der Waals surface area contributed by atoms with Crippen molar-refractivity contribution in [3.8, 4) is 6.07 Å². The van der Waals surface area contributed by atoms with Gasteiger partial charge in [0.05, 0.1) is 11.6 Å². The van der Waals surface area contributed by atoms with Crippen LogP contribution in [0.5, 0.6) is 0 Å². The van der Waals surface area contributed by atoms with E-state index < -0.39 is 0 Å². The molecule has 0 fully saturated rings. The van der Waals surface area contributed by atoms with Crippen molar-refractivity contribution in [1.29, 1.82) is 5.26 Å². The second-order valence-corrected chi connectivity index (χ2v) is 2.10. The third kappa shape index (κ3) is 4.50. The number of aryl methyl sites for hydroxylation is 1. The summed E-state index contributed by atoms with van der Waals surface area (Å²) in [6.07, 6.45) is 0. The van der Waals surface area contributed by atoms with Crippen molar-refractivity contribution in [3.63, 3.8) is 0 Å². The minimum atomic E-state index is 0. The maximum Gasteiger partial charge on any atom is 0.482 e. The van der Waals surface area contributed by atoms with E-state index in [0.29, 0.717) is 0 Å². The average Bonchev–Trinajstić information content (AvgIpc) is 2.06. The summed E-state index contributed by atoms with van der Waals surface area (Å²) in [6.45, 7) is 1.97. The predicted octanol–water partition coefficient (Wildman–Crippen LogP) is 0.372. The SMILES string of the molecule is Cc1cccc(C#N)c1.O[B]O. The van der Waals surface area contributed by atoms with E-state index in [-0.39, 0.29) is 7.69 Å². The molecule has 0 heterocycles. The van der Waals surface area contributed by atoms with E-state index >= 15 is 0 Å². The van der Waals surface area contributed by atoms with Crippen molar-refractivity contribution in [3.05, 3.63) is 35.4 Å². The standard InChI is InChI=1S/C8H7N.BH2O2/c1-7-3-2-4-8(5-7)6-9;2-1-3/h2-5H,1H3;2-3H. The Labute approximate surface area is 72.2 Å². The highest BCUT2D eigenvalue weighted by Crippen LogP contribution is 2.00. The predicted molar refractivity (Wildman–Crippen MR) is 46.1 cm³/mol. The van der Waals surface area contributed by atoms with Crippen molar-refractivity contribution in [2.45, 2.75) is 6.92 Å². The summed E-state index contributed by atoms with van der Waals surface area (Å²) < 4.78 is 0. The molecule has 61 valence electrons. The number of nitriles is 1. The van der Waals surface area contributed by atoms with Crippen LogP contribution in [0.3, 0.4) is 0 Å². The lowest BCUT2D eigenvalue weighted by Crippen LogP contribution is -1.75. The lowest BCUT2D eigenvalue weighted by Gasteiger charge is -1.88. The molecule has 0 amide bonds. The molecular formula is C8H9BNO2. The van der Waals surface area contributed by atoms with Crippen LogP contribution >= 0.6 is 0 Å². The van der Waals surface area contributed by atoms with E-state index in [9.17, 15) is 0 Å². The van der Waals surface area contributed by atoms with Gasteiger partial charge in [0.25, 0.3) is 0 Å². The molecule has 0 saturated heterocycles. The molecule has 1 rings (SSSR count). The first-order valence-electron chi connectivity index (χ1n) is 3.31. The van der Waals surface area contributed by atoms with E-state index in [1.54, 1.807) is 6.07 Å². The molecule has 0 bridgehead atoms. The van der Waals surface area contributed by atoms with Gasteiger partial charge >= 0.3 is 7.69 Å². The highest BCUT2D eigenvalue weighted by Gasteiger charge is 1.86. The Morgan fingerprint density at radius 1 is 1.42 bits per heavy atom. The van der Waals surface area contributed by atoms with Crippen molar-refractivity contribution in [1.82, 2.24) is 0 Å². The first-order valence-corrected chi connectivity index (χ1v) is 3.31. The molecular weight excluding hydrogens is 153 g/mol. The molecule has 0 aliphatic carbocycles. The fourth-order valence-corrected chi connectivity index (χ4v) is 0.715. The fourth-order valence-electron chi connectivity index (χ4n) is 0.715. The largest absolute Gasteiger partial charge is 0.482 e. The van der Waals surface area contributed by atoms with Gasteiger partial charge in [-0.2, -0.15) is 5.26 Å². The quantitative estimate of drug-likeness (QED) is 0.541. The van der Waals surface area contributed by atoms with Gasteiger partial charge in [0.15, 0.2) is 0 Å². The molecule has 3 nitrogen and oxygen atoms in total. The summed E-state index contributed by atoms with van der Waals surface area (Å²) in [6, 6.07) is 9.58. The monoisotopic (exact) mass is 162 g/mol. The van der Waals surface area contributed by atoms with E-state index in [2.05, 4.69) is 6.07 Å². The van der Waals surface area contributed by atoms with Crippen LogP contribution in [0, 0.1) is 18.3 Å². The Hall–Kier alpha value is -1.31. The van der Waals surface area contributed by atoms with Crippen LogP contribution in [0.15, 0.2) is 24.3 Å². The highest BCUT2D eigenvalue weighted by molar-refractivity contribution is 6.13. The summed E-state index contributed by atoms with van der Waals surface area (Å²) in [5.41, 5.74) is 1.86. The summed E-state index contributed by atoms with van der Waals surface area (Å²) in [5, 5.41) is 22.4.